The maximum atomic E-state index is 5.16. The number of rotatable bonds is 2. The van der Waals surface area contributed by atoms with E-state index >= 15 is 0 Å². The minimum Gasteiger partial charge on any atom is -0.497 e. The Morgan fingerprint density at radius 2 is 2.00 bits per heavy atom. The highest BCUT2D eigenvalue weighted by Gasteiger charge is 2.17. The monoisotopic (exact) mass is 265 g/mol. The van der Waals surface area contributed by atoms with Crippen molar-refractivity contribution in [3.05, 3.63) is 35.5 Å². The van der Waals surface area contributed by atoms with E-state index in [9.17, 15) is 0 Å². The number of fused-ring (bicyclic) bond motifs is 1. The number of nitrogens with zero attached hydrogens (tertiary/aromatic N) is 1. The Hall–Kier alpha value is -1.52. The smallest absolute Gasteiger partial charge is 0.118 e. The molecule has 0 amide bonds. The van der Waals surface area contributed by atoms with Gasteiger partial charge >= 0.3 is 0 Å². The minimum atomic E-state index is 0. The van der Waals surface area contributed by atoms with Crippen molar-refractivity contribution in [3.8, 4) is 17.0 Å². The number of methoxy groups -OCH3 is 1. The van der Waals surface area contributed by atoms with Gasteiger partial charge in [0.1, 0.15) is 5.75 Å². The number of H-pyrrole nitrogens is 1. The number of hydrogen-bond donors (Lipinski definition) is 2. The molecule has 0 radical (unpaired) electrons. The van der Waals surface area contributed by atoms with Gasteiger partial charge in [-0.3, -0.25) is 5.10 Å². The van der Waals surface area contributed by atoms with Crippen LogP contribution in [0.3, 0.4) is 0 Å². The van der Waals surface area contributed by atoms with Crippen LogP contribution in [0.4, 0.5) is 0 Å². The van der Waals surface area contributed by atoms with Gasteiger partial charge in [-0.1, -0.05) is 0 Å². The molecule has 4 nitrogen and oxygen atoms in total. The normalized spacial score (nSPS) is 13.6. The Morgan fingerprint density at radius 3 is 2.72 bits per heavy atom. The average molecular weight is 266 g/mol. The molecule has 0 saturated heterocycles. The summed E-state index contributed by atoms with van der Waals surface area (Å²) in [7, 11) is 1.68. The first kappa shape index (κ1) is 12.9. The zero-order chi connectivity index (χ0) is 11.7. The van der Waals surface area contributed by atoms with Crippen LogP contribution in [0.15, 0.2) is 24.3 Å². The Labute approximate surface area is 112 Å². The molecule has 18 heavy (non-hydrogen) atoms. The van der Waals surface area contributed by atoms with Crippen LogP contribution in [-0.4, -0.2) is 23.9 Å². The Bertz CT molecular complexity index is 522. The van der Waals surface area contributed by atoms with Gasteiger partial charge in [-0.05, 0) is 24.3 Å². The third-order valence-electron chi connectivity index (χ3n) is 3.17. The summed E-state index contributed by atoms with van der Waals surface area (Å²) in [5.41, 5.74) is 4.73. The lowest BCUT2D eigenvalue weighted by Crippen LogP contribution is -2.23. The quantitative estimate of drug-likeness (QED) is 0.875. The summed E-state index contributed by atoms with van der Waals surface area (Å²) in [6, 6.07) is 8.02. The van der Waals surface area contributed by atoms with Crippen LogP contribution in [-0.2, 0) is 13.0 Å². The fourth-order valence-corrected chi connectivity index (χ4v) is 2.21. The molecule has 1 aromatic heterocycles. The van der Waals surface area contributed by atoms with Gasteiger partial charge in [0, 0.05) is 36.3 Å². The lowest BCUT2D eigenvalue weighted by atomic mass is 10.0. The number of halogens is 1. The van der Waals surface area contributed by atoms with Gasteiger partial charge in [-0.15, -0.1) is 12.4 Å². The van der Waals surface area contributed by atoms with Crippen molar-refractivity contribution in [3.63, 3.8) is 0 Å². The zero-order valence-electron chi connectivity index (χ0n) is 10.2. The van der Waals surface area contributed by atoms with Crippen molar-refractivity contribution in [1.82, 2.24) is 15.5 Å². The maximum absolute atomic E-state index is 5.16. The van der Waals surface area contributed by atoms with Crippen LogP contribution in [0, 0.1) is 0 Å². The number of nitrogens with one attached hydrogen (secondary N) is 2. The molecule has 1 aliphatic rings. The molecule has 1 aliphatic heterocycles. The van der Waals surface area contributed by atoms with E-state index in [4.69, 9.17) is 4.74 Å². The van der Waals surface area contributed by atoms with Crippen LogP contribution >= 0.6 is 12.4 Å². The second-order valence-corrected chi connectivity index (χ2v) is 4.18. The van der Waals surface area contributed by atoms with E-state index in [1.54, 1.807) is 7.11 Å². The molecule has 1 aromatic carbocycles. The largest absolute Gasteiger partial charge is 0.497 e. The van der Waals surface area contributed by atoms with Gasteiger partial charge in [0.15, 0.2) is 0 Å². The summed E-state index contributed by atoms with van der Waals surface area (Å²) in [6.45, 7) is 1.92. The topological polar surface area (TPSA) is 49.9 Å². The first-order valence-corrected chi connectivity index (χ1v) is 5.80. The predicted octanol–water partition coefficient (Wildman–Crippen LogP) is 2.15. The SMILES string of the molecule is COc1ccc(-c2n[nH]c3c2CNCC3)cc1.Cl. The molecule has 0 spiro atoms. The van der Waals surface area contributed by atoms with Gasteiger partial charge in [0.05, 0.1) is 12.8 Å². The van der Waals surface area contributed by atoms with Gasteiger partial charge in [-0.2, -0.15) is 5.10 Å². The molecule has 3 rings (SSSR count). The van der Waals surface area contributed by atoms with Crippen molar-refractivity contribution in [2.45, 2.75) is 13.0 Å². The van der Waals surface area contributed by atoms with Crippen molar-refractivity contribution < 1.29 is 4.74 Å². The van der Waals surface area contributed by atoms with Crippen molar-refractivity contribution in [2.75, 3.05) is 13.7 Å². The summed E-state index contributed by atoms with van der Waals surface area (Å²) < 4.78 is 5.16. The van der Waals surface area contributed by atoms with Crippen LogP contribution < -0.4 is 10.1 Å². The molecule has 2 heterocycles. The molecule has 96 valence electrons. The lowest BCUT2D eigenvalue weighted by molar-refractivity contribution is 0.415. The fourth-order valence-electron chi connectivity index (χ4n) is 2.21. The van der Waals surface area contributed by atoms with Crippen LogP contribution in [0.25, 0.3) is 11.3 Å². The van der Waals surface area contributed by atoms with Gasteiger partial charge in [-0.25, -0.2) is 0 Å². The molecule has 0 bridgehead atoms. The summed E-state index contributed by atoms with van der Waals surface area (Å²) in [4.78, 5) is 0. The highest BCUT2D eigenvalue weighted by molar-refractivity contribution is 5.85. The van der Waals surface area contributed by atoms with E-state index in [2.05, 4.69) is 15.5 Å². The van der Waals surface area contributed by atoms with E-state index in [0.717, 1.165) is 36.5 Å². The van der Waals surface area contributed by atoms with E-state index in [-0.39, 0.29) is 12.4 Å². The molecular formula is C13H16ClN3O. The molecule has 0 unspecified atom stereocenters. The highest BCUT2D eigenvalue weighted by atomic mass is 35.5. The van der Waals surface area contributed by atoms with Crippen LogP contribution in [0.1, 0.15) is 11.3 Å². The second-order valence-electron chi connectivity index (χ2n) is 4.18. The van der Waals surface area contributed by atoms with Crippen LogP contribution in [0.2, 0.25) is 0 Å². The third kappa shape index (κ3) is 2.21. The highest BCUT2D eigenvalue weighted by Crippen LogP contribution is 2.27. The summed E-state index contributed by atoms with van der Waals surface area (Å²) in [5, 5.41) is 10.9. The van der Waals surface area contributed by atoms with Crippen molar-refractivity contribution in [2.24, 2.45) is 0 Å². The fraction of sp³-hybridized carbons (Fsp3) is 0.308. The zero-order valence-corrected chi connectivity index (χ0v) is 11.0. The molecule has 5 heteroatoms. The van der Waals surface area contributed by atoms with Crippen molar-refractivity contribution in [1.29, 1.82) is 0 Å². The van der Waals surface area contributed by atoms with Crippen molar-refractivity contribution >= 4 is 12.4 Å². The number of aromatic amines is 1. The second kappa shape index (κ2) is 5.42. The summed E-state index contributed by atoms with van der Waals surface area (Å²) in [5.74, 6) is 0.872. The van der Waals surface area contributed by atoms with E-state index in [1.165, 1.54) is 11.3 Å². The van der Waals surface area contributed by atoms with E-state index < -0.39 is 0 Å². The molecule has 0 fully saturated rings. The van der Waals surface area contributed by atoms with E-state index in [1.807, 2.05) is 24.3 Å². The molecular weight excluding hydrogens is 250 g/mol. The summed E-state index contributed by atoms with van der Waals surface area (Å²) in [6.07, 6.45) is 1.03. The first-order chi connectivity index (χ1) is 8.38. The van der Waals surface area contributed by atoms with Crippen LogP contribution in [0.5, 0.6) is 5.75 Å². The molecule has 2 N–H and O–H groups in total. The minimum absolute atomic E-state index is 0. The Kier molecular flexibility index (Phi) is 3.89. The number of ether oxygens (including phenoxy) is 1. The third-order valence-corrected chi connectivity index (χ3v) is 3.17. The molecule has 2 aromatic rings. The Balaban J connectivity index is 0.00000120. The lowest BCUT2D eigenvalue weighted by Gasteiger charge is -2.13. The molecule has 0 atom stereocenters. The van der Waals surface area contributed by atoms with Gasteiger partial charge in [0.2, 0.25) is 0 Å². The number of hydrogen-bond acceptors (Lipinski definition) is 3. The number of aromatic nitrogens is 2. The maximum Gasteiger partial charge on any atom is 0.118 e. The first-order valence-electron chi connectivity index (χ1n) is 5.80. The molecule has 0 aliphatic carbocycles. The Morgan fingerprint density at radius 1 is 1.22 bits per heavy atom. The number of benzene rings is 1. The van der Waals surface area contributed by atoms with E-state index in [0.29, 0.717) is 0 Å². The predicted molar refractivity (Wildman–Crippen MR) is 73.2 cm³/mol. The molecule has 0 saturated carbocycles. The van der Waals surface area contributed by atoms with Gasteiger partial charge in [0.25, 0.3) is 0 Å². The summed E-state index contributed by atoms with van der Waals surface area (Å²) >= 11 is 0. The standard InChI is InChI=1S/C13H15N3O.ClH/c1-17-10-4-2-9(3-5-10)13-11-8-14-7-6-12(11)15-16-13;/h2-5,14H,6-8H2,1H3,(H,15,16);1H. The average Bonchev–Trinajstić information content (AvgIpc) is 2.83. The van der Waals surface area contributed by atoms with Gasteiger partial charge < -0.3 is 10.1 Å².